The van der Waals surface area contributed by atoms with Crippen molar-refractivity contribution in [2.24, 2.45) is 12.5 Å². The summed E-state index contributed by atoms with van der Waals surface area (Å²) in [6, 6.07) is 0. The maximum Gasteiger partial charge on any atom is 0.147 e. The zero-order chi connectivity index (χ0) is 11.6. The zero-order valence-corrected chi connectivity index (χ0v) is 9.99. The molecule has 0 aliphatic carbocycles. The second kappa shape index (κ2) is 4.37. The van der Waals surface area contributed by atoms with Crippen LogP contribution in [0.1, 0.15) is 25.6 Å². The molecule has 1 saturated heterocycles. The van der Waals surface area contributed by atoms with E-state index in [1.165, 1.54) is 0 Å². The van der Waals surface area contributed by atoms with Crippen LogP contribution in [-0.2, 0) is 18.3 Å². The average molecular weight is 221 g/mol. The summed E-state index contributed by atoms with van der Waals surface area (Å²) in [6.45, 7) is 3.89. The highest BCUT2D eigenvalue weighted by Gasteiger charge is 2.39. The van der Waals surface area contributed by atoms with Crippen LogP contribution in [0.5, 0.6) is 0 Å². The van der Waals surface area contributed by atoms with Gasteiger partial charge in [-0.2, -0.15) is 0 Å². The van der Waals surface area contributed by atoms with Crippen LogP contribution in [0.25, 0.3) is 0 Å². The topological polar surface area (TPSA) is 46.9 Å². The van der Waals surface area contributed by atoms with Crippen molar-refractivity contribution >= 4 is 5.78 Å². The molecule has 2 heterocycles. The second-order valence-electron chi connectivity index (χ2n) is 4.61. The number of carbonyl (C=O) groups is 1. The van der Waals surface area contributed by atoms with E-state index in [0.29, 0.717) is 12.2 Å². The third-order valence-corrected chi connectivity index (χ3v) is 3.75. The molecule has 4 nitrogen and oxygen atoms in total. The predicted octanol–water partition coefficient (Wildman–Crippen LogP) is 0.921. The molecule has 2 rings (SSSR count). The lowest BCUT2D eigenvalue weighted by molar-refractivity contribution is -0.127. The maximum atomic E-state index is 12.3. The van der Waals surface area contributed by atoms with Crippen molar-refractivity contribution in [3.63, 3.8) is 0 Å². The van der Waals surface area contributed by atoms with Crippen molar-refractivity contribution in [1.29, 1.82) is 0 Å². The number of carbonyl (C=O) groups excluding carboxylic acids is 1. The van der Waals surface area contributed by atoms with E-state index in [1.54, 1.807) is 6.20 Å². The molecular weight excluding hydrogens is 202 g/mol. The normalized spacial score (nSPS) is 24.9. The van der Waals surface area contributed by atoms with Gasteiger partial charge in [0.25, 0.3) is 0 Å². The highest BCUT2D eigenvalue weighted by atomic mass is 16.1. The summed E-state index contributed by atoms with van der Waals surface area (Å²) < 4.78 is 1.92. The molecular formula is C12H19N3O. The quantitative estimate of drug-likeness (QED) is 0.822. The van der Waals surface area contributed by atoms with Crippen molar-refractivity contribution in [2.45, 2.75) is 26.2 Å². The minimum atomic E-state index is -0.147. The van der Waals surface area contributed by atoms with Crippen LogP contribution in [-0.4, -0.2) is 28.4 Å². The fourth-order valence-corrected chi connectivity index (χ4v) is 2.38. The van der Waals surface area contributed by atoms with Crippen LogP contribution in [0.2, 0.25) is 0 Å². The molecule has 1 atom stereocenters. The number of aryl methyl sites for hydroxylation is 1. The maximum absolute atomic E-state index is 12.3. The van der Waals surface area contributed by atoms with Crippen molar-refractivity contribution < 1.29 is 4.79 Å². The highest BCUT2D eigenvalue weighted by Crippen LogP contribution is 2.31. The number of ketones is 1. The van der Waals surface area contributed by atoms with Crippen molar-refractivity contribution in [2.75, 3.05) is 13.1 Å². The molecule has 0 bridgehead atoms. The molecule has 0 spiro atoms. The molecule has 0 amide bonds. The van der Waals surface area contributed by atoms with Gasteiger partial charge in [-0.25, -0.2) is 4.98 Å². The van der Waals surface area contributed by atoms with Crippen molar-refractivity contribution in [1.82, 2.24) is 14.9 Å². The van der Waals surface area contributed by atoms with E-state index in [4.69, 9.17) is 0 Å². The van der Waals surface area contributed by atoms with Crippen LogP contribution in [0.15, 0.2) is 12.4 Å². The number of nitrogens with zero attached hydrogens (tertiary/aromatic N) is 2. The first-order valence-electron chi connectivity index (χ1n) is 5.88. The van der Waals surface area contributed by atoms with Crippen LogP contribution in [0.4, 0.5) is 0 Å². The van der Waals surface area contributed by atoms with Gasteiger partial charge in [-0.05, 0) is 19.4 Å². The van der Waals surface area contributed by atoms with E-state index >= 15 is 0 Å². The molecule has 0 aromatic carbocycles. The Morgan fingerprint density at radius 2 is 2.50 bits per heavy atom. The van der Waals surface area contributed by atoms with E-state index in [-0.39, 0.29) is 5.41 Å². The van der Waals surface area contributed by atoms with Crippen molar-refractivity contribution in [3.05, 3.63) is 18.2 Å². The Labute approximate surface area is 96.1 Å². The largest absolute Gasteiger partial charge is 0.338 e. The van der Waals surface area contributed by atoms with E-state index in [1.807, 2.05) is 17.8 Å². The van der Waals surface area contributed by atoms with Gasteiger partial charge in [0.1, 0.15) is 11.6 Å². The summed E-state index contributed by atoms with van der Waals surface area (Å²) in [7, 11) is 1.93. The minimum Gasteiger partial charge on any atom is -0.338 e. The van der Waals surface area contributed by atoms with Gasteiger partial charge in [-0.3, -0.25) is 4.79 Å². The summed E-state index contributed by atoms with van der Waals surface area (Å²) in [4.78, 5) is 16.5. The van der Waals surface area contributed by atoms with E-state index in [2.05, 4.69) is 17.2 Å². The molecule has 1 unspecified atom stereocenters. The first kappa shape index (κ1) is 11.3. The average Bonchev–Trinajstić information content (AvgIpc) is 2.89. The second-order valence-corrected chi connectivity index (χ2v) is 4.61. The molecule has 1 aromatic rings. The molecule has 4 heteroatoms. The Morgan fingerprint density at radius 1 is 1.69 bits per heavy atom. The monoisotopic (exact) mass is 221 g/mol. The van der Waals surface area contributed by atoms with Crippen LogP contribution < -0.4 is 5.32 Å². The number of hydrogen-bond donors (Lipinski definition) is 1. The van der Waals surface area contributed by atoms with Crippen LogP contribution in [0.3, 0.4) is 0 Å². The third-order valence-electron chi connectivity index (χ3n) is 3.75. The van der Waals surface area contributed by atoms with Gasteiger partial charge in [0.15, 0.2) is 0 Å². The van der Waals surface area contributed by atoms with Gasteiger partial charge in [-0.15, -0.1) is 0 Å². The lowest BCUT2D eigenvalue weighted by atomic mass is 9.78. The standard InChI is InChI=1S/C12H19N3O/c1-3-12(4-5-13-9-12)10(16)8-11-14-6-7-15(11)2/h6-7,13H,3-5,8-9H2,1-2H3. The van der Waals surface area contributed by atoms with Gasteiger partial charge in [0.2, 0.25) is 0 Å². The molecule has 1 fully saturated rings. The Morgan fingerprint density at radius 3 is 3.00 bits per heavy atom. The summed E-state index contributed by atoms with van der Waals surface area (Å²) in [6.07, 6.45) is 5.97. The zero-order valence-electron chi connectivity index (χ0n) is 9.99. The van der Waals surface area contributed by atoms with Gasteiger partial charge >= 0.3 is 0 Å². The highest BCUT2D eigenvalue weighted by molar-refractivity contribution is 5.86. The predicted molar refractivity (Wildman–Crippen MR) is 62.1 cm³/mol. The van der Waals surface area contributed by atoms with Crippen molar-refractivity contribution in [3.8, 4) is 0 Å². The lowest BCUT2D eigenvalue weighted by Crippen LogP contribution is -2.34. The number of Topliss-reactive ketones (excluding diaryl/α,β-unsaturated/α-hetero) is 1. The van der Waals surface area contributed by atoms with Gasteiger partial charge < -0.3 is 9.88 Å². The van der Waals surface area contributed by atoms with Gasteiger partial charge in [0.05, 0.1) is 6.42 Å². The molecule has 16 heavy (non-hydrogen) atoms. The number of imidazole rings is 1. The van der Waals surface area contributed by atoms with E-state index in [9.17, 15) is 4.79 Å². The van der Waals surface area contributed by atoms with E-state index < -0.39 is 0 Å². The molecule has 1 N–H and O–H groups in total. The van der Waals surface area contributed by atoms with Gasteiger partial charge in [-0.1, -0.05) is 6.92 Å². The van der Waals surface area contributed by atoms with E-state index in [0.717, 1.165) is 31.8 Å². The summed E-state index contributed by atoms with van der Waals surface area (Å²) in [5.74, 6) is 1.19. The Bertz CT molecular complexity index is 377. The Hall–Kier alpha value is -1.16. The molecule has 1 aromatic heterocycles. The number of hydrogen-bond acceptors (Lipinski definition) is 3. The first-order valence-corrected chi connectivity index (χ1v) is 5.88. The SMILES string of the molecule is CCC1(C(=O)Cc2nccn2C)CCNC1. The fourth-order valence-electron chi connectivity index (χ4n) is 2.38. The Kier molecular flexibility index (Phi) is 3.10. The summed E-state index contributed by atoms with van der Waals surface area (Å²) >= 11 is 0. The Balaban J connectivity index is 2.10. The van der Waals surface area contributed by atoms with Crippen LogP contribution >= 0.6 is 0 Å². The number of aromatic nitrogens is 2. The van der Waals surface area contributed by atoms with Crippen LogP contribution in [0, 0.1) is 5.41 Å². The molecule has 0 radical (unpaired) electrons. The van der Waals surface area contributed by atoms with Gasteiger partial charge in [0, 0.05) is 31.4 Å². The molecule has 1 aliphatic heterocycles. The number of nitrogens with one attached hydrogen (secondary N) is 1. The molecule has 0 saturated carbocycles. The minimum absolute atomic E-state index is 0.147. The molecule has 1 aliphatic rings. The fraction of sp³-hybridized carbons (Fsp3) is 0.667. The number of rotatable bonds is 4. The summed E-state index contributed by atoms with van der Waals surface area (Å²) in [5, 5.41) is 3.29. The summed E-state index contributed by atoms with van der Waals surface area (Å²) in [5.41, 5.74) is -0.147. The molecule has 88 valence electrons. The third kappa shape index (κ3) is 1.89. The smallest absolute Gasteiger partial charge is 0.147 e. The first-order chi connectivity index (χ1) is 7.68. The lowest BCUT2D eigenvalue weighted by Gasteiger charge is -2.24.